The molecule has 0 atom stereocenters. The number of aliphatic imine (C=N–C) groups is 1. The highest BCUT2D eigenvalue weighted by atomic mass is 127. The second-order valence-electron chi connectivity index (χ2n) is 5.58. The Balaban J connectivity index is 0.00000312. The Hall–Kier alpha value is -1.22. The van der Waals surface area contributed by atoms with Gasteiger partial charge in [0.1, 0.15) is 5.75 Å². The molecule has 1 saturated heterocycles. The van der Waals surface area contributed by atoms with Gasteiger partial charge in [-0.15, -0.1) is 24.0 Å². The van der Waals surface area contributed by atoms with Gasteiger partial charge in [0.2, 0.25) is 0 Å². The molecule has 142 valence electrons. The van der Waals surface area contributed by atoms with E-state index in [4.69, 9.17) is 9.47 Å². The van der Waals surface area contributed by atoms with E-state index in [1.165, 1.54) is 0 Å². The number of para-hydroxylation sites is 2. The fourth-order valence-corrected chi connectivity index (χ4v) is 2.84. The molecule has 1 aliphatic heterocycles. The molecule has 1 aliphatic rings. The van der Waals surface area contributed by atoms with Crippen LogP contribution in [0.15, 0.2) is 29.3 Å². The maximum absolute atomic E-state index is 5.48. The summed E-state index contributed by atoms with van der Waals surface area (Å²) < 4.78 is 10.9. The molecule has 1 N–H and O–H groups in total. The van der Waals surface area contributed by atoms with Crippen molar-refractivity contribution < 1.29 is 9.47 Å². The van der Waals surface area contributed by atoms with Gasteiger partial charge in [-0.1, -0.05) is 12.1 Å². The van der Waals surface area contributed by atoms with E-state index in [0.29, 0.717) is 13.2 Å². The van der Waals surface area contributed by atoms with Crippen molar-refractivity contribution in [3.05, 3.63) is 24.3 Å². The molecule has 0 unspecified atom stereocenters. The van der Waals surface area contributed by atoms with Gasteiger partial charge in [-0.25, -0.2) is 0 Å². The predicted molar refractivity (Wildman–Crippen MR) is 115 cm³/mol. The summed E-state index contributed by atoms with van der Waals surface area (Å²) >= 11 is 0. The molecule has 0 bridgehead atoms. The Bertz CT molecular complexity index is 520. The third-order valence-electron chi connectivity index (χ3n) is 4.04. The molecule has 25 heavy (non-hydrogen) atoms. The van der Waals surface area contributed by atoms with Crippen LogP contribution in [0.1, 0.15) is 13.8 Å². The average Bonchev–Trinajstić information content (AvgIpc) is 2.64. The summed E-state index contributed by atoms with van der Waals surface area (Å²) in [5.41, 5.74) is 1.16. The first-order valence-corrected chi connectivity index (χ1v) is 8.79. The monoisotopic (exact) mass is 462 g/mol. The summed E-state index contributed by atoms with van der Waals surface area (Å²) in [6, 6.07) is 8.20. The molecular weight excluding hydrogens is 431 g/mol. The minimum Gasteiger partial charge on any atom is -0.495 e. The van der Waals surface area contributed by atoms with Crippen molar-refractivity contribution in [1.82, 2.24) is 10.2 Å². The van der Waals surface area contributed by atoms with Gasteiger partial charge in [0.05, 0.1) is 25.9 Å². The number of anilines is 1. The minimum atomic E-state index is 0. The number of piperazine rings is 1. The van der Waals surface area contributed by atoms with Gasteiger partial charge in [-0.3, -0.25) is 4.99 Å². The number of nitrogens with zero attached hydrogens (tertiary/aromatic N) is 3. The number of methoxy groups -OCH3 is 1. The van der Waals surface area contributed by atoms with E-state index in [1.807, 2.05) is 19.1 Å². The van der Waals surface area contributed by atoms with E-state index in [0.717, 1.165) is 56.7 Å². The van der Waals surface area contributed by atoms with Crippen LogP contribution in [0.2, 0.25) is 0 Å². The van der Waals surface area contributed by atoms with Gasteiger partial charge >= 0.3 is 0 Å². The zero-order valence-electron chi connectivity index (χ0n) is 15.5. The van der Waals surface area contributed by atoms with Crippen molar-refractivity contribution in [2.75, 3.05) is 64.5 Å². The van der Waals surface area contributed by atoms with Crippen molar-refractivity contribution >= 4 is 35.6 Å². The smallest absolute Gasteiger partial charge is 0.194 e. The van der Waals surface area contributed by atoms with Gasteiger partial charge < -0.3 is 24.6 Å². The number of nitrogens with one attached hydrogen (secondary N) is 1. The highest BCUT2D eigenvalue weighted by molar-refractivity contribution is 14.0. The quantitative estimate of drug-likeness (QED) is 0.292. The highest BCUT2D eigenvalue weighted by Crippen LogP contribution is 2.28. The van der Waals surface area contributed by atoms with Gasteiger partial charge in [0, 0.05) is 39.3 Å². The van der Waals surface area contributed by atoms with Gasteiger partial charge in [-0.2, -0.15) is 0 Å². The first kappa shape index (κ1) is 21.8. The van der Waals surface area contributed by atoms with Crippen LogP contribution in [0.25, 0.3) is 0 Å². The molecule has 0 aliphatic carbocycles. The van der Waals surface area contributed by atoms with Crippen LogP contribution < -0.4 is 15.0 Å². The number of halogens is 1. The summed E-state index contributed by atoms with van der Waals surface area (Å²) in [7, 11) is 1.73. The zero-order valence-corrected chi connectivity index (χ0v) is 17.9. The molecule has 7 heteroatoms. The summed E-state index contributed by atoms with van der Waals surface area (Å²) in [6.45, 7) is 10.9. The Kier molecular flexibility index (Phi) is 10.6. The van der Waals surface area contributed by atoms with E-state index >= 15 is 0 Å². The zero-order chi connectivity index (χ0) is 17.2. The summed E-state index contributed by atoms with van der Waals surface area (Å²) in [6.07, 6.45) is 0. The third-order valence-corrected chi connectivity index (χ3v) is 4.04. The molecule has 1 aromatic carbocycles. The number of ether oxygens (including phenoxy) is 2. The maximum atomic E-state index is 5.48. The average molecular weight is 462 g/mol. The Morgan fingerprint density at radius 2 is 1.88 bits per heavy atom. The molecule has 1 fully saturated rings. The fraction of sp³-hybridized carbons (Fsp3) is 0.611. The molecule has 2 rings (SSSR count). The molecule has 1 heterocycles. The van der Waals surface area contributed by atoms with Crippen LogP contribution in [0.3, 0.4) is 0 Å². The van der Waals surface area contributed by atoms with Crippen LogP contribution in [0, 0.1) is 0 Å². The van der Waals surface area contributed by atoms with Crippen LogP contribution in [-0.2, 0) is 4.74 Å². The second-order valence-corrected chi connectivity index (χ2v) is 5.58. The molecule has 0 aromatic heterocycles. The predicted octanol–water partition coefficient (Wildman–Crippen LogP) is 2.44. The van der Waals surface area contributed by atoms with Crippen molar-refractivity contribution in [1.29, 1.82) is 0 Å². The molecule has 0 spiro atoms. The Morgan fingerprint density at radius 3 is 2.52 bits per heavy atom. The van der Waals surface area contributed by atoms with Gasteiger partial charge in [0.25, 0.3) is 0 Å². The summed E-state index contributed by atoms with van der Waals surface area (Å²) in [5.74, 6) is 1.92. The number of benzene rings is 1. The van der Waals surface area contributed by atoms with E-state index in [9.17, 15) is 0 Å². The van der Waals surface area contributed by atoms with Crippen LogP contribution >= 0.6 is 24.0 Å². The lowest BCUT2D eigenvalue weighted by molar-refractivity contribution is 0.155. The largest absolute Gasteiger partial charge is 0.495 e. The molecular formula is C18H31IN4O2. The van der Waals surface area contributed by atoms with Gasteiger partial charge in [0.15, 0.2) is 5.96 Å². The molecule has 1 aromatic rings. The number of hydrogen-bond donors (Lipinski definition) is 1. The van der Waals surface area contributed by atoms with Crippen molar-refractivity contribution in [3.63, 3.8) is 0 Å². The van der Waals surface area contributed by atoms with Crippen LogP contribution in [0.4, 0.5) is 5.69 Å². The number of hydrogen-bond acceptors (Lipinski definition) is 4. The van der Waals surface area contributed by atoms with E-state index < -0.39 is 0 Å². The lowest BCUT2D eigenvalue weighted by atomic mass is 10.2. The number of rotatable bonds is 7. The normalized spacial score (nSPS) is 14.9. The lowest BCUT2D eigenvalue weighted by Gasteiger charge is -2.38. The number of guanidine groups is 1. The Labute approximate surface area is 168 Å². The molecule has 0 saturated carbocycles. The van der Waals surface area contributed by atoms with Gasteiger partial charge in [-0.05, 0) is 26.0 Å². The first-order valence-electron chi connectivity index (χ1n) is 8.79. The van der Waals surface area contributed by atoms with Crippen LogP contribution in [0.5, 0.6) is 5.75 Å². The standard InChI is InChI=1S/C18H30N4O2.HI/c1-4-19-18(20-10-15-24-5-2)22-13-11-21(12-14-22)16-8-6-7-9-17(16)23-3;/h6-9H,4-5,10-15H2,1-3H3,(H,19,20);1H. The van der Waals surface area contributed by atoms with Crippen LogP contribution in [-0.4, -0.2) is 70.5 Å². The van der Waals surface area contributed by atoms with Crippen molar-refractivity contribution in [2.24, 2.45) is 4.99 Å². The third kappa shape index (κ3) is 6.54. The fourth-order valence-electron chi connectivity index (χ4n) is 2.84. The van der Waals surface area contributed by atoms with E-state index in [1.54, 1.807) is 7.11 Å². The summed E-state index contributed by atoms with van der Waals surface area (Å²) in [5, 5.41) is 3.38. The maximum Gasteiger partial charge on any atom is 0.194 e. The molecule has 0 radical (unpaired) electrons. The molecule has 6 nitrogen and oxygen atoms in total. The minimum absolute atomic E-state index is 0. The first-order chi connectivity index (χ1) is 11.8. The lowest BCUT2D eigenvalue weighted by Crippen LogP contribution is -2.52. The Morgan fingerprint density at radius 1 is 1.16 bits per heavy atom. The van der Waals surface area contributed by atoms with Crippen molar-refractivity contribution in [2.45, 2.75) is 13.8 Å². The SMILES string of the molecule is CCNC(=NCCOCC)N1CCN(c2ccccc2OC)CC1.I. The van der Waals surface area contributed by atoms with Crippen molar-refractivity contribution in [3.8, 4) is 5.75 Å². The second kappa shape index (κ2) is 12.2. The highest BCUT2D eigenvalue weighted by Gasteiger charge is 2.21. The van der Waals surface area contributed by atoms with E-state index in [-0.39, 0.29) is 24.0 Å². The molecule has 0 amide bonds. The van der Waals surface area contributed by atoms with E-state index in [2.05, 4.69) is 39.2 Å². The summed E-state index contributed by atoms with van der Waals surface area (Å²) in [4.78, 5) is 9.36. The topological polar surface area (TPSA) is 49.3 Å².